The van der Waals surface area contributed by atoms with Gasteiger partial charge in [-0.05, 0) is 18.4 Å². The predicted octanol–water partition coefficient (Wildman–Crippen LogP) is 1.11. The van der Waals surface area contributed by atoms with E-state index in [0.717, 1.165) is 51.3 Å². The van der Waals surface area contributed by atoms with Crippen LogP contribution in [0.4, 0.5) is 0 Å². The summed E-state index contributed by atoms with van der Waals surface area (Å²) in [6.07, 6.45) is 3.01. The fraction of sp³-hybridized carbons (Fsp3) is 0.600. The highest BCUT2D eigenvalue weighted by atomic mass is 16.5. The summed E-state index contributed by atoms with van der Waals surface area (Å²) in [4.78, 5) is 31.2. The zero-order valence-corrected chi connectivity index (χ0v) is 15.2. The molecule has 2 amide bonds. The van der Waals surface area contributed by atoms with Crippen molar-refractivity contribution in [2.45, 2.75) is 38.0 Å². The molecule has 140 valence electrons. The molecule has 0 N–H and O–H groups in total. The number of piperazine rings is 1. The van der Waals surface area contributed by atoms with Crippen molar-refractivity contribution in [2.24, 2.45) is 0 Å². The summed E-state index contributed by atoms with van der Waals surface area (Å²) in [5, 5.41) is 0. The van der Waals surface area contributed by atoms with E-state index in [0.29, 0.717) is 19.1 Å². The highest BCUT2D eigenvalue weighted by Gasteiger charge is 2.42. The molecular formula is C20H27N3O3. The van der Waals surface area contributed by atoms with Crippen LogP contribution in [0.5, 0.6) is 0 Å². The van der Waals surface area contributed by atoms with Gasteiger partial charge in [0.2, 0.25) is 11.8 Å². The minimum absolute atomic E-state index is 0.0357. The molecule has 0 radical (unpaired) electrons. The van der Waals surface area contributed by atoms with E-state index in [9.17, 15) is 9.59 Å². The molecule has 0 aliphatic carbocycles. The first kappa shape index (κ1) is 17.6. The zero-order chi connectivity index (χ0) is 17.9. The number of likely N-dealkylation sites (tertiary alicyclic amines) is 1. The number of rotatable bonds is 5. The zero-order valence-electron chi connectivity index (χ0n) is 15.2. The van der Waals surface area contributed by atoms with Crippen molar-refractivity contribution < 1.29 is 14.3 Å². The van der Waals surface area contributed by atoms with Gasteiger partial charge < -0.3 is 4.74 Å². The maximum absolute atomic E-state index is 12.8. The number of imide groups is 1. The predicted molar refractivity (Wildman–Crippen MR) is 97.4 cm³/mol. The summed E-state index contributed by atoms with van der Waals surface area (Å²) in [6.45, 7) is 5.83. The van der Waals surface area contributed by atoms with Crippen molar-refractivity contribution >= 4 is 11.8 Å². The van der Waals surface area contributed by atoms with Crippen LogP contribution in [-0.4, -0.2) is 78.0 Å². The minimum Gasteiger partial charge on any atom is -0.377 e. The number of carbonyl (C=O) groups is 2. The largest absolute Gasteiger partial charge is 0.377 e. The van der Waals surface area contributed by atoms with Crippen LogP contribution >= 0.6 is 0 Å². The van der Waals surface area contributed by atoms with Gasteiger partial charge in [0.05, 0.1) is 25.1 Å². The SMILES string of the molecule is O=C1C[C@@H](N2CCN(C[C@H]3CCCO3)CC2)C(=O)N1Cc1ccccc1. The lowest BCUT2D eigenvalue weighted by Crippen LogP contribution is -2.53. The molecule has 0 bridgehead atoms. The maximum atomic E-state index is 12.8. The lowest BCUT2D eigenvalue weighted by atomic mass is 10.1. The average molecular weight is 357 g/mol. The van der Waals surface area contributed by atoms with Crippen molar-refractivity contribution in [1.82, 2.24) is 14.7 Å². The first-order chi connectivity index (χ1) is 12.7. The van der Waals surface area contributed by atoms with Gasteiger partial charge in [-0.25, -0.2) is 0 Å². The maximum Gasteiger partial charge on any atom is 0.247 e. The quantitative estimate of drug-likeness (QED) is 0.739. The van der Waals surface area contributed by atoms with Gasteiger partial charge in [-0.2, -0.15) is 0 Å². The molecule has 4 rings (SSSR count). The Kier molecular flexibility index (Phi) is 5.33. The lowest BCUT2D eigenvalue weighted by Gasteiger charge is -2.37. The molecule has 1 aromatic carbocycles. The third-order valence-corrected chi connectivity index (χ3v) is 5.74. The van der Waals surface area contributed by atoms with Gasteiger partial charge in [-0.15, -0.1) is 0 Å². The first-order valence-corrected chi connectivity index (χ1v) is 9.67. The van der Waals surface area contributed by atoms with E-state index < -0.39 is 0 Å². The molecule has 2 atom stereocenters. The van der Waals surface area contributed by atoms with Gasteiger partial charge in [0.15, 0.2) is 0 Å². The highest BCUT2D eigenvalue weighted by molar-refractivity contribution is 6.05. The first-order valence-electron chi connectivity index (χ1n) is 9.67. The standard InChI is InChI=1S/C20H27N3O3/c24-19-13-18(20(25)23(19)14-16-5-2-1-3-6-16)22-10-8-21(9-11-22)15-17-7-4-12-26-17/h1-3,5-6,17-18H,4,7-15H2/t17-,18-/m1/s1. The van der Waals surface area contributed by atoms with Crippen LogP contribution in [0.1, 0.15) is 24.8 Å². The van der Waals surface area contributed by atoms with E-state index in [1.54, 1.807) is 0 Å². The topological polar surface area (TPSA) is 53.1 Å². The average Bonchev–Trinajstić information content (AvgIpc) is 3.27. The molecule has 1 aromatic rings. The molecule has 3 heterocycles. The van der Waals surface area contributed by atoms with Gasteiger partial charge in [0.25, 0.3) is 0 Å². The molecule has 3 fully saturated rings. The molecule has 6 nitrogen and oxygen atoms in total. The number of nitrogens with zero attached hydrogens (tertiary/aromatic N) is 3. The lowest BCUT2D eigenvalue weighted by molar-refractivity contribution is -0.140. The third kappa shape index (κ3) is 3.82. The fourth-order valence-electron chi connectivity index (χ4n) is 4.22. The number of hydrogen-bond acceptors (Lipinski definition) is 5. The van der Waals surface area contributed by atoms with E-state index in [2.05, 4.69) is 9.80 Å². The van der Waals surface area contributed by atoms with Crippen molar-refractivity contribution in [2.75, 3.05) is 39.3 Å². The van der Waals surface area contributed by atoms with Crippen molar-refractivity contribution in [1.29, 1.82) is 0 Å². The van der Waals surface area contributed by atoms with E-state index in [1.807, 2.05) is 30.3 Å². The molecule has 3 saturated heterocycles. The molecule has 26 heavy (non-hydrogen) atoms. The second-order valence-electron chi connectivity index (χ2n) is 7.50. The Labute approximate surface area is 154 Å². The summed E-state index contributed by atoms with van der Waals surface area (Å²) in [6, 6.07) is 9.44. The fourth-order valence-corrected chi connectivity index (χ4v) is 4.22. The summed E-state index contributed by atoms with van der Waals surface area (Å²) >= 11 is 0. The van der Waals surface area contributed by atoms with Crippen LogP contribution in [0.3, 0.4) is 0 Å². The number of benzene rings is 1. The van der Waals surface area contributed by atoms with E-state index >= 15 is 0 Å². The third-order valence-electron chi connectivity index (χ3n) is 5.74. The summed E-state index contributed by atoms with van der Waals surface area (Å²) in [7, 11) is 0. The molecule has 3 aliphatic rings. The van der Waals surface area contributed by atoms with Crippen LogP contribution in [0, 0.1) is 0 Å². The molecule has 3 aliphatic heterocycles. The Morgan fingerprint density at radius 1 is 1.04 bits per heavy atom. The van der Waals surface area contributed by atoms with Gasteiger partial charge >= 0.3 is 0 Å². The number of carbonyl (C=O) groups excluding carboxylic acids is 2. The Bertz CT molecular complexity index is 637. The molecule has 6 heteroatoms. The summed E-state index contributed by atoms with van der Waals surface area (Å²) in [5.41, 5.74) is 0.997. The number of ether oxygens (including phenoxy) is 1. The Hall–Kier alpha value is -1.76. The van der Waals surface area contributed by atoms with Gasteiger partial charge in [0.1, 0.15) is 0 Å². The minimum atomic E-state index is -0.281. The summed E-state index contributed by atoms with van der Waals surface area (Å²) in [5.74, 6) is -0.0860. The van der Waals surface area contributed by atoms with Crippen molar-refractivity contribution in [3.63, 3.8) is 0 Å². The monoisotopic (exact) mass is 357 g/mol. The number of hydrogen-bond donors (Lipinski definition) is 0. The van der Waals surface area contributed by atoms with E-state index in [1.165, 1.54) is 11.3 Å². The van der Waals surface area contributed by atoms with Crippen LogP contribution in [0.25, 0.3) is 0 Å². The second-order valence-corrected chi connectivity index (χ2v) is 7.50. The molecule has 0 unspecified atom stereocenters. The van der Waals surface area contributed by atoms with Crippen LogP contribution in [-0.2, 0) is 20.9 Å². The van der Waals surface area contributed by atoms with Gasteiger partial charge in [0, 0.05) is 39.3 Å². The Morgan fingerprint density at radius 3 is 2.50 bits per heavy atom. The van der Waals surface area contributed by atoms with Gasteiger partial charge in [-0.1, -0.05) is 30.3 Å². The van der Waals surface area contributed by atoms with Crippen molar-refractivity contribution in [3.05, 3.63) is 35.9 Å². The van der Waals surface area contributed by atoms with Crippen LogP contribution < -0.4 is 0 Å². The second kappa shape index (κ2) is 7.86. The Balaban J connectivity index is 1.31. The van der Waals surface area contributed by atoms with Gasteiger partial charge in [-0.3, -0.25) is 24.3 Å². The van der Waals surface area contributed by atoms with Crippen LogP contribution in [0.15, 0.2) is 30.3 Å². The van der Waals surface area contributed by atoms with E-state index in [4.69, 9.17) is 4.74 Å². The molecule has 0 aromatic heterocycles. The van der Waals surface area contributed by atoms with Crippen molar-refractivity contribution in [3.8, 4) is 0 Å². The molecular weight excluding hydrogens is 330 g/mol. The number of amides is 2. The Morgan fingerprint density at radius 2 is 1.81 bits per heavy atom. The summed E-state index contributed by atoms with van der Waals surface area (Å²) < 4.78 is 5.72. The highest BCUT2D eigenvalue weighted by Crippen LogP contribution is 2.23. The molecule has 0 spiro atoms. The molecule has 0 saturated carbocycles. The smallest absolute Gasteiger partial charge is 0.247 e. The van der Waals surface area contributed by atoms with E-state index in [-0.39, 0.29) is 17.9 Å². The van der Waals surface area contributed by atoms with Crippen LogP contribution in [0.2, 0.25) is 0 Å². The normalized spacial score (nSPS) is 28.2.